The second-order valence-corrected chi connectivity index (χ2v) is 15.3. The van der Waals surface area contributed by atoms with Crippen LogP contribution in [0.5, 0.6) is 0 Å². The first-order chi connectivity index (χ1) is 20.7. The molecular formula is C37H51NO5. The second kappa shape index (κ2) is 11.2. The van der Waals surface area contributed by atoms with Crippen LogP contribution in [0.1, 0.15) is 104 Å². The Morgan fingerprint density at radius 3 is 2.67 bits per heavy atom. The lowest BCUT2D eigenvalue weighted by molar-refractivity contribution is -0.154. The third-order valence-electron chi connectivity index (χ3n) is 13.2. The van der Waals surface area contributed by atoms with Crippen LogP contribution in [-0.2, 0) is 25.6 Å². The highest BCUT2D eigenvalue weighted by molar-refractivity contribution is 5.68. The van der Waals surface area contributed by atoms with Crippen LogP contribution >= 0.6 is 0 Å². The number of benzene rings is 1. The summed E-state index contributed by atoms with van der Waals surface area (Å²) in [4.78, 5) is 27.1. The van der Waals surface area contributed by atoms with E-state index in [2.05, 4.69) is 20.8 Å². The average molecular weight is 590 g/mol. The summed E-state index contributed by atoms with van der Waals surface area (Å²) in [7, 11) is 0. The van der Waals surface area contributed by atoms with Crippen molar-refractivity contribution in [2.75, 3.05) is 6.54 Å². The molecule has 6 heteroatoms. The van der Waals surface area contributed by atoms with E-state index in [1.807, 2.05) is 35.2 Å². The van der Waals surface area contributed by atoms with E-state index in [1.54, 1.807) is 18.1 Å². The van der Waals surface area contributed by atoms with Crippen LogP contribution < -0.4 is 0 Å². The van der Waals surface area contributed by atoms with Crippen molar-refractivity contribution in [3.8, 4) is 0 Å². The van der Waals surface area contributed by atoms with Crippen LogP contribution in [0.25, 0.3) is 0 Å². The highest BCUT2D eigenvalue weighted by Crippen LogP contribution is 2.65. The predicted molar refractivity (Wildman–Crippen MR) is 165 cm³/mol. The molecule has 1 spiro atoms. The van der Waals surface area contributed by atoms with Crippen LogP contribution in [0, 0.1) is 35.0 Å². The number of nitrogens with zero attached hydrogens (tertiary/aromatic N) is 1. The van der Waals surface area contributed by atoms with Gasteiger partial charge in [0, 0.05) is 19.4 Å². The SMILES string of the molecule is CC(=O)O[C@@H]1CC[C@@]2(C)[C@H](CC[C@H]3[C@@H]4CC[C@@]5(CC(C)=C4C[C@@H]32)O[C@@H]2CCCN(C(=O)OCc3ccccc3)[C@H]2[C@H]5C)C1. The molecule has 1 aromatic carbocycles. The van der Waals surface area contributed by atoms with Gasteiger partial charge in [0.25, 0.3) is 0 Å². The van der Waals surface area contributed by atoms with Crippen LogP contribution in [0.2, 0.25) is 0 Å². The Kier molecular flexibility index (Phi) is 7.67. The molecule has 1 aromatic rings. The molecule has 7 rings (SSSR count). The monoisotopic (exact) mass is 589 g/mol. The topological polar surface area (TPSA) is 65.1 Å². The van der Waals surface area contributed by atoms with E-state index in [1.165, 1.54) is 32.1 Å². The molecule has 234 valence electrons. The first-order valence-electron chi connectivity index (χ1n) is 17.2. The highest BCUT2D eigenvalue weighted by Gasteiger charge is 2.60. The van der Waals surface area contributed by atoms with Gasteiger partial charge in [-0.05, 0) is 112 Å². The van der Waals surface area contributed by atoms with Gasteiger partial charge in [-0.1, -0.05) is 55.3 Å². The largest absolute Gasteiger partial charge is 0.463 e. The number of hydrogen-bond acceptors (Lipinski definition) is 5. The van der Waals surface area contributed by atoms with E-state index in [9.17, 15) is 9.59 Å². The lowest BCUT2D eigenvalue weighted by Gasteiger charge is -2.54. The van der Waals surface area contributed by atoms with Gasteiger partial charge in [0.2, 0.25) is 0 Å². The molecule has 4 aliphatic carbocycles. The molecule has 0 N–H and O–H groups in total. The number of piperidine rings is 1. The number of likely N-dealkylation sites (tertiary alicyclic amines) is 1. The number of carbonyl (C=O) groups is 2. The molecule has 2 saturated heterocycles. The Bertz CT molecular complexity index is 1260. The summed E-state index contributed by atoms with van der Waals surface area (Å²) in [6.07, 6.45) is 12.3. The van der Waals surface area contributed by atoms with Gasteiger partial charge in [-0.15, -0.1) is 0 Å². The summed E-state index contributed by atoms with van der Waals surface area (Å²) in [5.74, 6) is 2.98. The van der Waals surface area contributed by atoms with E-state index in [-0.39, 0.29) is 41.8 Å². The van der Waals surface area contributed by atoms with Crippen molar-refractivity contribution in [2.45, 2.75) is 129 Å². The summed E-state index contributed by atoms with van der Waals surface area (Å²) in [6, 6.07) is 10.1. The van der Waals surface area contributed by atoms with Crippen molar-refractivity contribution >= 4 is 12.1 Å². The number of esters is 1. The third-order valence-corrected chi connectivity index (χ3v) is 13.2. The summed E-state index contributed by atoms with van der Waals surface area (Å²) < 4.78 is 18.7. The second-order valence-electron chi connectivity index (χ2n) is 15.3. The molecule has 0 radical (unpaired) electrons. The van der Waals surface area contributed by atoms with Crippen molar-refractivity contribution in [1.29, 1.82) is 0 Å². The number of hydrogen-bond donors (Lipinski definition) is 0. The smallest absolute Gasteiger partial charge is 0.410 e. The molecule has 5 fully saturated rings. The van der Waals surface area contributed by atoms with Gasteiger partial charge in [-0.2, -0.15) is 0 Å². The third kappa shape index (κ3) is 5.04. The average Bonchev–Trinajstić information content (AvgIpc) is 3.46. The molecule has 6 aliphatic rings. The summed E-state index contributed by atoms with van der Waals surface area (Å²) in [5, 5.41) is 0. The molecule has 1 amide bonds. The number of ether oxygens (including phenoxy) is 3. The Morgan fingerprint density at radius 2 is 1.88 bits per heavy atom. The number of amides is 1. The summed E-state index contributed by atoms with van der Waals surface area (Å²) >= 11 is 0. The van der Waals surface area contributed by atoms with Crippen LogP contribution in [0.15, 0.2) is 41.5 Å². The fourth-order valence-electron chi connectivity index (χ4n) is 11.1. The maximum Gasteiger partial charge on any atom is 0.410 e. The van der Waals surface area contributed by atoms with Gasteiger partial charge < -0.3 is 19.1 Å². The highest BCUT2D eigenvalue weighted by atomic mass is 16.6. The Labute approximate surface area is 257 Å². The van der Waals surface area contributed by atoms with Crippen molar-refractivity contribution in [1.82, 2.24) is 4.90 Å². The maximum absolute atomic E-state index is 13.4. The van der Waals surface area contributed by atoms with Gasteiger partial charge in [0.1, 0.15) is 12.7 Å². The lowest BCUT2D eigenvalue weighted by atomic mass is 9.52. The zero-order valence-corrected chi connectivity index (χ0v) is 26.7. The normalized spacial score (nSPS) is 42.0. The van der Waals surface area contributed by atoms with Gasteiger partial charge >= 0.3 is 12.1 Å². The molecule has 2 heterocycles. The maximum atomic E-state index is 13.4. The molecule has 3 saturated carbocycles. The first-order valence-corrected chi connectivity index (χ1v) is 17.2. The number of rotatable bonds is 3. The minimum Gasteiger partial charge on any atom is -0.463 e. The summed E-state index contributed by atoms with van der Waals surface area (Å²) in [5.41, 5.74) is 4.48. The van der Waals surface area contributed by atoms with Crippen molar-refractivity contribution in [3.05, 3.63) is 47.0 Å². The lowest BCUT2D eigenvalue weighted by Crippen LogP contribution is -2.52. The van der Waals surface area contributed by atoms with Crippen LogP contribution in [0.3, 0.4) is 0 Å². The Balaban J connectivity index is 1.07. The fraction of sp³-hybridized carbons (Fsp3) is 0.730. The predicted octanol–water partition coefficient (Wildman–Crippen LogP) is 7.85. The number of carbonyl (C=O) groups excluding carboxylic acids is 2. The van der Waals surface area contributed by atoms with E-state index < -0.39 is 0 Å². The van der Waals surface area contributed by atoms with E-state index in [0.29, 0.717) is 23.9 Å². The van der Waals surface area contributed by atoms with Gasteiger partial charge in [0.05, 0.1) is 17.7 Å². The molecule has 43 heavy (non-hydrogen) atoms. The molecule has 0 aromatic heterocycles. The zero-order valence-electron chi connectivity index (χ0n) is 26.7. The van der Waals surface area contributed by atoms with Gasteiger partial charge in [-0.25, -0.2) is 4.79 Å². The molecule has 0 bridgehead atoms. The zero-order chi connectivity index (χ0) is 29.9. The van der Waals surface area contributed by atoms with Crippen molar-refractivity contribution in [2.24, 2.45) is 35.0 Å². The first kappa shape index (κ1) is 29.4. The van der Waals surface area contributed by atoms with Crippen LogP contribution in [0.4, 0.5) is 4.79 Å². The van der Waals surface area contributed by atoms with Crippen LogP contribution in [-0.4, -0.2) is 47.4 Å². The minimum atomic E-state index is -0.197. The quantitative estimate of drug-likeness (QED) is 0.265. The van der Waals surface area contributed by atoms with Crippen molar-refractivity contribution in [3.63, 3.8) is 0 Å². The molecule has 6 nitrogen and oxygen atoms in total. The Morgan fingerprint density at radius 1 is 1.07 bits per heavy atom. The summed E-state index contributed by atoms with van der Waals surface area (Å²) in [6.45, 7) is 9.93. The van der Waals surface area contributed by atoms with Gasteiger partial charge in [-0.3, -0.25) is 4.79 Å². The molecular weight excluding hydrogens is 538 g/mol. The fourth-order valence-corrected chi connectivity index (χ4v) is 11.1. The Hall–Kier alpha value is -2.34. The van der Waals surface area contributed by atoms with Gasteiger partial charge in [0.15, 0.2) is 0 Å². The van der Waals surface area contributed by atoms with E-state index in [0.717, 1.165) is 62.5 Å². The molecule has 10 atom stereocenters. The van der Waals surface area contributed by atoms with Crippen molar-refractivity contribution < 1.29 is 23.8 Å². The molecule has 0 unspecified atom stereocenters. The standard InChI is InChI=1S/C37H51NO5/c1-23-21-37(24(2)34-33(43-37)11-8-18-38(34)35(40)41-22-26-9-6-5-7-10-26)17-15-29-30-13-12-27-19-28(42-25(3)39)14-16-36(27,4)32(30)20-31(23)29/h5-7,9-10,24,27-30,32-34H,8,11-22H2,1-4H3/t24-,27-,28-,29+,30+,32+,33-,34+,36+,37+/m1/s1. The van der Waals surface area contributed by atoms with E-state index >= 15 is 0 Å². The molecule has 2 aliphatic heterocycles. The number of allylic oxidation sites excluding steroid dienone is 1. The van der Waals surface area contributed by atoms with E-state index in [4.69, 9.17) is 14.2 Å². The minimum absolute atomic E-state index is 0.0854. The number of fused-ring (bicyclic) bond motifs is 6.